The van der Waals surface area contributed by atoms with E-state index in [-0.39, 0.29) is 22.9 Å². The van der Waals surface area contributed by atoms with Gasteiger partial charge in [-0.05, 0) is 38.1 Å². The molecule has 7 nitrogen and oxygen atoms in total. The van der Waals surface area contributed by atoms with Crippen molar-refractivity contribution in [2.75, 3.05) is 0 Å². The van der Waals surface area contributed by atoms with Crippen LogP contribution in [0.15, 0.2) is 53.8 Å². The molecule has 3 heterocycles. The fourth-order valence-corrected chi connectivity index (χ4v) is 3.17. The maximum atomic E-state index is 13.1. The van der Waals surface area contributed by atoms with Crippen LogP contribution in [0.4, 0.5) is 13.2 Å². The molecule has 0 aliphatic carbocycles. The molecule has 156 valence electrons. The highest BCUT2D eigenvalue weighted by molar-refractivity contribution is 5.93. The number of benzene rings is 1. The zero-order chi connectivity index (χ0) is 21.6. The van der Waals surface area contributed by atoms with Gasteiger partial charge in [0.05, 0.1) is 6.20 Å². The summed E-state index contributed by atoms with van der Waals surface area (Å²) in [6, 6.07) is 5.15. The van der Waals surface area contributed by atoms with Crippen LogP contribution in [0.25, 0.3) is 27.7 Å². The van der Waals surface area contributed by atoms with E-state index < -0.39 is 6.36 Å². The van der Waals surface area contributed by atoms with Gasteiger partial charge in [0.1, 0.15) is 5.75 Å². The minimum atomic E-state index is -4.78. The van der Waals surface area contributed by atoms with Crippen molar-refractivity contribution < 1.29 is 17.9 Å². The Bertz CT molecular complexity index is 1270. The van der Waals surface area contributed by atoms with Gasteiger partial charge in [0, 0.05) is 53.9 Å². The van der Waals surface area contributed by atoms with Gasteiger partial charge in [-0.3, -0.25) is 18.7 Å². The van der Waals surface area contributed by atoms with Crippen molar-refractivity contribution in [2.45, 2.75) is 26.3 Å². The predicted octanol–water partition coefficient (Wildman–Crippen LogP) is 4.07. The molecule has 3 aromatic heterocycles. The van der Waals surface area contributed by atoms with Gasteiger partial charge in [-0.1, -0.05) is 0 Å². The molecule has 0 unspecified atom stereocenters. The van der Waals surface area contributed by atoms with E-state index >= 15 is 0 Å². The first-order chi connectivity index (χ1) is 14.1. The molecule has 4 rings (SSSR count). The lowest BCUT2D eigenvalue weighted by molar-refractivity contribution is -0.274. The first-order valence-corrected chi connectivity index (χ1v) is 9.12. The minimum absolute atomic E-state index is 0.0470. The Hall–Kier alpha value is -3.56. The molecule has 1 aromatic carbocycles. The van der Waals surface area contributed by atoms with Crippen molar-refractivity contribution in [3.05, 3.63) is 59.4 Å². The number of nitrogens with zero attached hydrogens (tertiary/aromatic N) is 5. The van der Waals surface area contributed by atoms with Gasteiger partial charge >= 0.3 is 6.36 Å². The SMILES string of the molecule is CC(C)n1cc2c(-c3cnn(C)c3)cn(-c3ccc(OC(F)(F)F)cc3)c(=O)c2n1. The third-order valence-electron chi connectivity index (χ3n) is 4.60. The second kappa shape index (κ2) is 7.05. The summed E-state index contributed by atoms with van der Waals surface area (Å²) in [5.41, 5.74) is 1.81. The lowest BCUT2D eigenvalue weighted by atomic mass is 10.1. The quantitative estimate of drug-likeness (QED) is 0.502. The van der Waals surface area contributed by atoms with Gasteiger partial charge in [-0.15, -0.1) is 13.2 Å². The van der Waals surface area contributed by atoms with Crippen LogP contribution in [-0.2, 0) is 7.05 Å². The molecular formula is C20H18F3N5O2. The third-order valence-corrected chi connectivity index (χ3v) is 4.60. The molecule has 4 aromatic rings. The van der Waals surface area contributed by atoms with Crippen LogP contribution in [0, 0.1) is 0 Å². The van der Waals surface area contributed by atoms with Crippen molar-refractivity contribution in [2.24, 2.45) is 7.05 Å². The van der Waals surface area contributed by atoms with E-state index in [4.69, 9.17) is 0 Å². The molecular weight excluding hydrogens is 399 g/mol. The summed E-state index contributed by atoms with van der Waals surface area (Å²) in [6.45, 7) is 3.90. The number of aromatic nitrogens is 5. The van der Waals surface area contributed by atoms with Crippen LogP contribution in [0.3, 0.4) is 0 Å². The van der Waals surface area contributed by atoms with E-state index in [1.54, 1.807) is 28.8 Å². The monoisotopic (exact) mass is 417 g/mol. The zero-order valence-corrected chi connectivity index (χ0v) is 16.4. The molecule has 0 aliphatic rings. The summed E-state index contributed by atoms with van der Waals surface area (Å²) in [5, 5.41) is 9.31. The minimum Gasteiger partial charge on any atom is -0.406 e. The van der Waals surface area contributed by atoms with Crippen molar-refractivity contribution >= 4 is 10.9 Å². The fraction of sp³-hybridized carbons (Fsp3) is 0.250. The summed E-state index contributed by atoms with van der Waals surface area (Å²) < 4.78 is 45.9. The molecule has 10 heteroatoms. The molecule has 0 bridgehead atoms. The Labute approximate surface area is 168 Å². The predicted molar refractivity (Wildman–Crippen MR) is 105 cm³/mol. The molecule has 0 atom stereocenters. The highest BCUT2D eigenvalue weighted by Crippen LogP contribution is 2.29. The summed E-state index contributed by atoms with van der Waals surface area (Å²) in [4.78, 5) is 13.1. The summed E-state index contributed by atoms with van der Waals surface area (Å²) in [6.07, 6.45) is 2.17. The Balaban J connectivity index is 1.90. The molecule has 0 N–H and O–H groups in total. The number of ether oxygens (including phenoxy) is 1. The maximum Gasteiger partial charge on any atom is 0.573 e. The number of rotatable bonds is 4. The Morgan fingerprint density at radius 1 is 1.07 bits per heavy atom. The molecule has 0 saturated heterocycles. The molecule has 30 heavy (non-hydrogen) atoms. The highest BCUT2D eigenvalue weighted by Gasteiger charge is 2.31. The molecule has 0 amide bonds. The van der Waals surface area contributed by atoms with Crippen molar-refractivity contribution in [1.29, 1.82) is 0 Å². The lowest BCUT2D eigenvalue weighted by Crippen LogP contribution is -2.19. The summed E-state index contributed by atoms with van der Waals surface area (Å²) >= 11 is 0. The van der Waals surface area contributed by atoms with Gasteiger partial charge < -0.3 is 4.74 Å². The van der Waals surface area contributed by atoms with Crippen molar-refractivity contribution in [3.8, 4) is 22.6 Å². The molecule has 0 fully saturated rings. The van der Waals surface area contributed by atoms with Crippen LogP contribution in [0.5, 0.6) is 5.75 Å². The zero-order valence-electron chi connectivity index (χ0n) is 16.4. The van der Waals surface area contributed by atoms with E-state index in [0.29, 0.717) is 11.1 Å². The number of hydrogen-bond donors (Lipinski definition) is 0. The molecule has 0 saturated carbocycles. The largest absolute Gasteiger partial charge is 0.573 e. The molecule has 0 radical (unpaired) electrons. The molecule has 0 aliphatic heterocycles. The fourth-order valence-electron chi connectivity index (χ4n) is 3.17. The Morgan fingerprint density at radius 2 is 1.77 bits per heavy atom. The topological polar surface area (TPSA) is 66.9 Å². The van der Waals surface area contributed by atoms with E-state index in [1.807, 2.05) is 26.2 Å². The molecule has 0 spiro atoms. The Kier molecular flexibility index (Phi) is 4.64. The smallest absolute Gasteiger partial charge is 0.406 e. The van der Waals surface area contributed by atoms with Crippen LogP contribution in [-0.4, -0.2) is 30.5 Å². The second-order valence-electron chi connectivity index (χ2n) is 7.13. The second-order valence-corrected chi connectivity index (χ2v) is 7.13. The van der Waals surface area contributed by atoms with Crippen molar-refractivity contribution in [1.82, 2.24) is 24.1 Å². The normalized spacial score (nSPS) is 12.1. The van der Waals surface area contributed by atoms with E-state index in [1.165, 1.54) is 16.7 Å². The lowest BCUT2D eigenvalue weighted by Gasteiger charge is -2.11. The maximum absolute atomic E-state index is 13.1. The third kappa shape index (κ3) is 3.68. The number of fused-ring (bicyclic) bond motifs is 1. The van der Waals surface area contributed by atoms with Gasteiger partial charge in [0.25, 0.3) is 5.56 Å². The van der Waals surface area contributed by atoms with E-state index in [2.05, 4.69) is 14.9 Å². The van der Waals surface area contributed by atoms with Crippen LogP contribution in [0.2, 0.25) is 0 Å². The first-order valence-electron chi connectivity index (χ1n) is 9.12. The van der Waals surface area contributed by atoms with Gasteiger partial charge in [-0.2, -0.15) is 10.2 Å². The highest BCUT2D eigenvalue weighted by atomic mass is 19.4. The number of alkyl halides is 3. The average molecular weight is 417 g/mol. The number of aryl methyl sites for hydroxylation is 1. The number of halogens is 3. The average Bonchev–Trinajstić information content (AvgIpc) is 3.29. The van der Waals surface area contributed by atoms with Crippen molar-refractivity contribution in [3.63, 3.8) is 0 Å². The van der Waals surface area contributed by atoms with Crippen LogP contribution in [0.1, 0.15) is 19.9 Å². The standard InChI is InChI=1S/C20H18F3N5O2/c1-12(2)28-11-17-16(13-8-24-26(3)9-13)10-27(19(29)18(17)25-28)14-4-6-15(7-5-14)30-20(21,22)23/h4-12H,1-3H3. The van der Waals surface area contributed by atoms with Gasteiger partial charge in [-0.25, -0.2) is 0 Å². The van der Waals surface area contributed by atoms with E-state index in [0.717, 1.165) is 23.3 Å². The summed E-state index contributed by atoms with van der Waals surface area (Å²) in [5.74, 6) is -0.364. The van der Waals surface area contributed by atoms with Gasteiger partial charge in [0.2, 0.25) is 0 Å². The Morgan fingerprint density at radius 3 is 2.33 bits per heavy atom. The van der Waals surface area contributed by atoms with Gasteiger partial charge in [0.15, 0.2) is 5.52 Å². The van der Waals surface area contributed by atoms with Crippen LogP contribution >= 0.6 is 0 Å². The number of hydrogen-bond acceptors (Lipinski definition) is 4. The van der Waals surface area contributed by atoms with E-state index in [9.17, 15) is 18.0 Å². The number of pyridine rings is 1. The van der Waals surface area contributed by atoms with Crippen LogP contribution < -0.4 is 10.3 Å². The summed E-state index contributed by atoms with van der Waals surface area (Å²) in [7, 11) is 1.79. The first kappa shape index (κ1) is 19.7.